The number of nitrogens with zero attached hydrogens (tertiary/aromatic N) is 4. The number of imidazole rings is 1. The third-order valence-electron chi connectivity index (χ3n) is 5.16. The maximum Gasteiger partial charge on any atom is 0.222 e. The standard InChI is InChI=1S/C18H18ClF2N7O/c19-11-5-9(20)6-12(21)14(11)26-18-25-13-7-24-17(23)27-16(13)28(18)10-3-1-8(2-4-10)15(22)29/h5-8,10H,1-4H2,(H2,22,29)(H,25,26)(H2,23,24,27). The lowest BCUT2D eigenvalue weighted by Gasteiger charge is -2.29. The summed E-state index contributed by atoms with van der Waals surface area (Å²) in [6.45, 7) is 0. The van der Waals surface area contributed by atoms with Crippen LogP contribution < -0.4 is 16.8 Å². The number of nitrogens with two attached hydrogens (primary N) is 2. The molecule has 2 heterocycles. The van der Waals surface area contributed by atoms with Crippen LogP contribution in [0.3, 0.4) is 0 Å². The van der Waals surface area contributed by atoms with E-state index in [1.165, 1.54) is 6.20 Å². The number of halogens is 3. The van der Waals surface area contributed by atoms with E-state index in [-0.39, 0.29) is 40.5 Å². The zero-order valence-corrected chi connectivity index (χ0v) is 16.0. The Morgan fingerprint density at radius 1 is 1.21 bits per heavy atom. The molecule has 0 aliphatic heterocycles. The fourth-order valence-corrected chi connectivity index (χ4v) is 3.97. The Hall–Kier alpha value is -3.01. The van der Waals surface area contributed by atoms with Crippen LogP contribution in [0.5, 0.6) is 0 Å². The van der Waals surface area contributed by atoms with E-state index in [0.29, 0.717) is 36.8 Å². The summed E-state index contributed by atoms with van der Waals surface area (Å²) in [5.41, 5.74) is 12.0. The number of hydrogen-bond donors (Lipinski definition) is 3. The van der Waals surface area contributed by atoms with Crippen molar-refractivity contribution in [3.8, 4) is 0 Å². The van der Waals surface area contributed by atoms with Crippen LogP contribution in [0.25, 0.3) is 11.2 Å². The third kappa shape index (κ3) is 3.67. The number of aromatic nitrogens is 4. The Morgan fingerprint density at radius 2 is 1.93 bits per heavy atom. The molecule has 1 aliphatic rings. The summed E-state index contributed by atoms with van der Waals surface area (Å²) in [6, 6.07) is 1.67. The minimum absolute atomic E-state index is 0.0713. The van der Waals surface area contributed by atoms with Crippen LogP contribution in [0.4, 0.5) is 26.4 Å². The van der Waals surface area contributed by atoms with Gasteiger partial charge in [-0.05, 0) is 31.7 Å². The SMILES string of the molecule is NC(=O)C1CCC(n2c(Nc3c(F)cc(F)cc3Cl)nc3cnc(N)nc32)CC1. The van der Waals surface area contributed by atoms with Gasteiger partial charge < -0.3 is 16.8 Å². The van der Waals surface area contributed by atoms with E-state index in [1.807, 2.05) is 0 Å². The minimum Gasteiger partial charge on any atom is -0.369 e. The van der Waals surface area contributed by atoms with Crippen molar-refractivity contribution < 1.29 is 13.6 Å². The van der Waals surface area contributed by atoms with Crippen LogP contribution in [-0.4, -0.2) is 25.4 Å². The molecule has 0 spiro atoms. The number of carbonyl (C=O) groups is 1. The first-order chi connectivity index (χ1) is 13.8. The van der Waals surface area contributed by atoms with E-state index in [2.05, 4.69) is 20.3 Å². The van der Waals surface area contributed by atoms with Crippen LogP contribution in [-0.2, 0) is 4.79 Å². The van der Waals surface area contributed by atoms with Crippen LogP contribution in [0, 0.1) is 17.6 Å². The highest BCUT2D eigenvalue weighted by atomic mass is 35.5. The third-order valence-corrected chi connectivity index (χ3v) is 5.46. The monoisotopic (exact) mass is 421 g/mol. The maximum absolute atomic E-state index is 14.3. The van der Waals surface area contributed by atoms with Gasteiger partial charge in [0.15, 0.2) is 11.5 Å². The summed E-state index contributed by atoms with van der Waals surface area (Å²) >= 11 is 6.02. The van der Waals surface area contributed by atoms with E-state index in [1.54, 1.807) is 4.57 Å². The van der Waals surface area contributed by atoms with Crippen molar-refractivity contribution in [2.45, 2.75) is 31.7 Å². The summed E-state index contributed by atoms with van der Waals surface area (Å²) in [5, 5.41) is 2.73. The van der Waals surface area contributed by atoms with Crippen molar-refractivity contribution in [3.63, 3.8) is 0 Å². The second-order valence-electron chi connectivity index (χ2n) is 7.02. The smallest absolute Gasteiger partial charge is 0.222 e. The molecule has 29 heavy (non-hydrogen) atoms. The lowest BCUT2D eigenvalue weighted by Crippen LogP contribution is -2.28. The number of fused-ring (bicyclic) bond motifs is 1. The molecular formula is C18H18ClF2N7O. The van der Waals surface area contributed by atoms with E-state index in [4.69, 9.17) is 23.1 Å². The molecule has 3 aromatic rings. The number of nitrogen functional groups attached to an aromatic ring is 1. The Bertz CT molecular complexity index is 1070. The largest absolute Gasteiger partial charge is 0.369 e. The van der Waals surface area contributed by atoms with Gasteiger partial charge in [0.1, 0.15) is 11.3 Å². The normalized spacial score (nSPS) is 19.4. The van der Waals surface area contributed by atoms with E-state index in [0.717, 1.165) is 12.1 Å². The van der Waals surface area contributed by atoms with E-state index >= 15 is 0 Å². The molecule has 0 bridgehead atoms. The van der Waals surface area contributed by atoms with Gasteiger partial charge in [-0.2, -0.15) is 4.98 Å². The molecule has 0 atom stereocenters. The number of hydrogen-bond acceptors (Lipinski definition) is 6. The predicted molar refractivity (Wildman–Crippen MR) is 105 cm³/mol. The van der Waals surface area contributed by atoms with Crippen molar-refractivity contribution in [2.75, 3.05) is 11.1 Å². The molecule has 1 aliphatic carbocycles. The highest BCUT2D eigenvalue weighted by molar-refractivity contribution is 6.33. The first kappa shape index (κ1) is 19.3. The van der Waals surface area contributed by atoms with Crippen LogP contribution >= 0.6 is 11.6 Å². The molecule has 1 amide bonds. The molecule has 152 valence electrons. The average molecular weight is 422 g/mol. The van der Waals surface area contributed by atoms with Crippen molar-refractivity contribution in [1.82, 2.24) is 19.5 Å². The average Bonchev–Trinajstić information content (AvgIpc) is 3.01. The van der Waals surface area contributed by atoms with Gasteiger partial charge in [0, 0.05) is 18.0 Å². The second-order valence-corrected chi connectivity index (χ2v) is 7.43. The lowest BCUT2D eigenvalue weighted by atomic mass is 9.85. The number of primary amides is 1. The molecule has 11 heteroatoms. The zero-order valence-electron chi connectivity index (χ0n) is 15.2. The fourth-order valence-electron chi connectivity index (χ4n) is 3.73. The van der Waals surface area contributed by atoms with E-state index < -0.39 is 11.6 Å². The fraction of sp³-hybridized carbons (Fsp3) is 0.333. The number of benzene rings is 1. The highest BCUT2D eigenvalue weighted by Crippen LogP contribution is 2.38. The number of nitrogens with one attached hydrogen (secondary N) is 1. The van der Waals surface area contributed by atoms with Gasteiger partial charge in [0.25, 0.3) is 0 Å². The van der Waals surface area contributed by atoms with Crippen molar-refractivity contribution in [2.24, 2.45) is 11.7 Å². The van der Waals surface area contributed by atoms with Gasteiger partial charge in [-0.3, -0.25) is 9.36 Å². The summed E-state index contributed by atoms with van der Waals surface area (Å²) in [6.07, 6.45) is 4.00. The Kier molecular flexibility index (Phi) is 4.95. The van der Waals surface area contributed by atoms with Crippen molar-refractivity contribution >= 4 is 46.3 Å². The van der Waals surface area contributed by atoms with E-state index in [9.17, 15) is 13.6 Å². The summed E-state index contributed by atoms with van der Waals surface area (Å²) in [4.78, 5) is 24.1. The lowest BCUT2D eigenvalue weighted by molar-refractivity contribution is -0.122. The van der Waals surface area contributed by atoms with Gasteiger partial charge in [-0.15, -0.1) is 0 Å². The van der Waals surface area contributed by atoms with Crippen molar-refractivity contribution in [3.05, 3.63) is 35.0 Å². The molecule has 0 radical (unpaired) electrons. The molecular weight excluding hydrogens is 404 g/mol. The molecule has 2 aromatic heterocycles. The Labute approximate surface area is 169 Å². The molecule has 1 fully saturated rings. The molecule has 5 N–H and O–H groups in total. The molecule has 1 saturated carbocycles. The van der Waals surface area contributed by atoms with Gasteiger partial charge in [-0.25, -0.2) is 18.7 Å². The maximum atomic E-state index is 14.3. The zero-order chi connectivity index (χ0) is 20.7. The predicted octanol–water partition coefficient (Wildman–Crippen LogP) is 3.30. The van der Waals surface area contributed by atoms with Crippen molar-refractivity contribution in [1.29, 1.82) is 0 Å². The van der Waals surface area contributed by atoms with Crippen LogP contribution in [0.15, 0.2) is 18.3 Å². The Morgan fingerprint density at radius 3 is 2.59 bits per heavy atom. The number of anilines is 3. The van der Waals surface area contributed by atoms with Gasteiger partial charge in [0.2, 0.25) is 17.8 Å². The summed E-state index contributed by atoms with van der Waals surface area (Å²) in [7, 11) is 0. The molecule has 0 saturated heterocycles. The summed E-state index contributed by atoms with van der Waals surface area (Å²) < 4.78 is 29.5. The first-order valence-electron chi connectivity index (χ1n) is 9.05. The van der Waals surface area contributed by atoms with Crippen LogP contribution in [0.2, 0.25) is 5.02 Å². The van der Waals surface area contributed by atoms with Gasteiger partial charge >= 0.3 is 0 Å². The second kappa shape index (κ2) is 7.43. The molecule has 0 unspecified atom stereocenters. The molecule has 4 rings (SSSR count). The minimum atomic E-state index is -0.850. The highest BCUT2D eigenvalue weighted by Gasteiger charge is 2.29. The molecule has 8 nitrogen and oxygen atoms in total. The number of carbonyl (C=O) groups excluding carboxylic acids is 1. The quantitative estimate of drug-likeness (QED) is 0.593. The Balaban J connectivity index is 1.77. The van der Waals surface area contributed by atoms with Gasteiger partial charge in [0.05, 0.1) is 16.9 Å². The first-order valence-corrected chi connectivity index (χ1v) is 9.42. The molecule has 1 aromatic carbocycles. The van der Waals surface area contributed by atoms with Crippen LogP contribution in [0.1, 0.15) is 31.7 Å². The summed E-state index contributed by atoms with van der Waals surface area (Å²) in [5.74, 6) is -1.78. The topological polar surface area (TPSA) is 125 Å². The van der Waals surface area contributed by atoms with Gasteiger partial charge in [-0.1, -0.05) is 11.6 Å². The number of amides is 1. The number of rotatable bonds is 4.